The van der Waals surface area contributed by atoms with Gasteiger partial charge in [0.2, 0.25) is 22.9 Å². The first-order chi connectivity index (χ1) is 4.46. The van der Waals surface area contributed by atoms with Crippen LogP contribution in [0.15, 0.2) is 0 Å². The maximum absolute atomic E-state index is 2.61. The summed E-state index contributed by atoms with van der Waals surface area (Å²) >= 11 is 2.61. The fraction of sp³-hybridized carbons (Fsp3) is 1.00. The molecule has 0 spiro atoms. The molecule has 0 bridgehead atoms. The van der Waals surface area contributed by atoms with Gasteiger partial charge >= 0.3 is 0 Å². The maximum atomic E-state index is 2.61. The third-order valence-corrected chi connectivity index (χ3v) is 4.89. The molecule has 1 nitrogen and oxygen atoms in total. The second-order valence-electron chi connectivity index (χ2n) is 4.19. The molecule has 0 saturated carbocycles. The highest BCUT2D eigenvalue weighted by molar-refractivity contribution is 14.1. The van der Waals surface area contributed by atoms with Gasteiger partial charge in [0, 0.05) is 12.8 Å². The Bertz CT molecular complexity index is 120. The van der Waals surface area contributed by atoms with Crippen LogP contribution in [0.5, 0.6) is 0 Å². The Labute approximate surface area is 77.9 Å². The van der Waals surface area contributed by atoms with E-state index in [1.807, 2.05) is 0 Å². The smallest absolute Gasteiger partial charge is 0.249 e. The van der Waals surface area contributed by atoms with E-state index >= 15 is 0 Å². The second-order valence-corrected chi connectivity index (χ2v) is 6.04. The largest absolute Gasteiger partial charge is 0.263 e. The fourth-order valence-corrected chi connectivity index (χ4v) is 2.19. The van der Waals surface area contributed by atoms with E-state index in [9.17, 15) is 0 Å². The third kappa shape index (κ3) is 1.47. The van der Waals surface area contributed by atoms with Crippen LogP contribution >= 0.6 is 22.9 Å². The monoisotopic (exact) mass is 254 g/mol. The Morgan fingerprint density at radius 1 is 1.10 bits per heavy atom. The van der Waals surface area contributed by atoms with Crippen LogP contribution in [0.4, 0.5) is 0 Å². The zero-order chi connectivity index (χ0) is 7.83. The van der Waals surface area contributed by atoms with E-state index in [0.717, 1.165) is 0 Å². The van der Waals surface area contributed by atoms with Gasteiger partial charge in [0.15, 0.2) is 0 Å². The summed E-state index contributed by atoms with van der Waals surface area (Å²) in [5.41, 5.74) is 0.442. The highest BCUT2D eigenvalue weighted by Crippen LogP contribution is 2.35. The Balaban J connectivity index is 2.67. The number of quaternary nitrogens is 1. The van der Waals surface area contributed by atoms with E-state index in [1.54, 1.807) is 0 Å². The van der Waals surface area contributed by atoms with Gasteiger partial charge in [-0.05, 0) is 20.8 Å². The van der Waals surface area contributed by atoms with Crippen molar-refractivity contribution in [2.24, 2.45) is 0 Å². The van der Waals surface area contributed by atoms with Crippen LogP contribution in [-0.2, 0) is 0 Å². The second kappa shape index (κ2) is 2.63. The van der Waals surface area contributed by atoms with Gasteiger partial charge in [-0.2, -0.15) is 0 Å². The van der Waals surface area contributed by atoms with Gasteiger partial charge < -0.3 is 0 Å². The van der Waals surface area contributed by atoms with Crippen molar-refractivity contribution in [2.75, 3.05) is 13.1 Å². The van der Waals surface area contributed by atoms with E-state index in [1.165, 1.54) is 28.6 Å². The van der Waals surface area contributed by atoms with Crippen molar-refractivity contribution in [1.82, 2.24) is 0 Å². The van der Waals surface area contributed by atoms with Crippen molar-refractivity contribution in [1.29, 1.82) is 0 Å². The van der Waals surface area contributed by atoms with Crippen LogP contribution < -0.4 is 0 Å². The molecule has 0 amide bonds. The predicted molar refractivity (Wildman–Crippen MR) is 53.0 cm³/mol. The van der Waals surface area contributed by atoms with Crippen molar-refractivity contribution in [2.45, 2.75) is 39.2 Å². The van der Waals surface area contributed by atoms with E-state index in [4.69, 9.17) is 0 Å². The maximum Gasteiger partial charge on any atom is 0.249 e. The molecule has 0 aromatic heterocycles. The number of hydrogen-bond acceptors (Lipinski definition) is 0. The molecular weight excluding hydrogens is 237 g/mol. The Morgan fingerprint density at radius 2 is 1.50 bits per heavy atom. The van der Waals surface area contributed by atoms with E-state index in [-0.39, 0.29) is 0 Å². The molecule has 1 saturated heterocycles. The molecule has 0 aromatic carbocycles. The summed E-state index contributed by atoms with van der Waals surface area (Å²) in [7, 11) is 0. The van der Waals surface area contributed by atoms with Crippen LogP contribution in [0.25, 0.3) is 0 Å². The lowest BCUT2D eigenvalue weighted by atomic mass is 10.1. The lowest BCUT2D eigenvalue weighted by Gasteiger charge is -2.38. The van der Waals surface area contributed by atoms with Crippen LogP contribution in [0.2, 0.25) is 0 Å². The Hall–Kier alpha value is 0.690. The predicted octanol–water partition coefficient (Wildman–Crippen LogP) is 2.75. The van der Waals surface area contributed by atoms with Crippen LogP contribution in [0.3, 0.4) is 0 Å². The van der Waals surface area contributed by atoms with Crippen molar-refractivity contribution in [3.05, 3.63) is 0 Å². The summed E-state index contributed by atoms with van der Waals surface area (Å²) in [5, 5.41) is 0. The molecule has 10 heavy (non-hydrogen) atoms. The number of nitrogens with zero attached hydrogens (tertiary/aromatic N) is 1. The molecule has 1 aliphatic rings. The molecule has 0 aromatic rings. The molecule has 1 fully saturated rings. The minimum atomic E-state index is 0.442. The van der Waals surface area contributed by atoms with E-state index in [2.05, 4.69) is 43.6 Å². The summed E-state index contributed by atoms with van der Waals surface area (Å²) in [4.78, 5) is 0. The quantitative estimate of drug-likeness (QED) is 0.460. The zero-order valence-corrected chi connectivity index (χ0v) is 9.31. The minimum Gasteiger partial charge on any atom is -0.263 e. The van der Waals surface area contributed by atoms with Crippen LogP contribution in [0, 0.1) is 0 Å². The highest BCUT2D eigenvalue weighted by Gasteiger charge is 2.41. The lowest BCUT2D eigenvalue weighted by molar-refractivity contribution is -0.792. The molecule has 1 heterocycles. The molecule has 1 aliphatic heterocycles. The van der Waals surface area contributed by atoms with Crippen molar-refractivity contribution >= 4 is 22.9 Å². The fourth-order valence-electron chi connectivity index (χ4n) is 1.51. The molecule has 0 aliphatic carbocycles. The Morgan fingerprint density at radius 3 is 1.70 bits per heavy atom. The average Bonchev–Trinajstić information content (AvgIpc) is 2.13. The van der Waals surface area contributed by atoms with Gasteiger partial charge in [-0.25, -0.2) is 0 Å². The van der Waals surface area contributed by atoms with Gasteiger partial charge in [0.05, 0.1) is 18.6 Å². The first-order valence-corrected chi connectivity index (χ1v) is 4.99. The normalized spacial score (nSPS) is 25.2. The first-order valence-electron chi connectivity index (χ1n) is 4.03. The summed E-state index contributed by atoms with van der Waals surface area (Å²) in [5.74, 6) is 0. The zero-order valence-electron chi connectivity index (χ0n) is 7.15. The minimum absolute atomic E-state index is 0.442. The molecule has 60 valence electrons. The molecule has 0 atom stereocenters. The van der Waals surface area contributed by atoms with Gasteiger partial charge in [-0.3, -0.25) is 2.70 Å². The molecule has 0 radical (unpaired) electrons. The van der Waals surface area contributed by atoms with Crippen molar-refractivity contribution < 1.29 is 2.70 Å². The first kappa shape index (κ1) is 8.78. The van der Waals surface area contributed by atoms with Gasteiger partial charge in [-0.1, -0.05) is 0 Å². The Kier molecular flexibility index (Phi) is 2.31. The standard InChI is InChI=1S/C8H17IN/c1-8(2,3)10(9)6-4-5-7-10/h4-7H2,1-3H3/q+1. The van der Waals surface area contributed by atoms with Crippen molar-refractivity contribution in [3.8, 4) is 0 Å². The molecule has 0 unspecified atom stereocenters. The number of likely N-dealkylation sites (tertiary alicyclic amines) is 1. The molecule has 0 N–H and O–H groups in total. The summed E-state index contributed by atoms with van der Waals surface area (Å²) < 4.78 is 1.24. The number of hydrogen-bond donors (Lipinski definition) is 0. The SMILES string of the molecule is CC(C)(C)[N+]1(I)CCCC1. The third-order valence-electron chi connectivity index (χ3n) is 2.48. The summed E-state index contributed by atoms with van der Waals surface area (Å²) in [6, 6.07) is 0. The average molecular weight is 254 g/mol. The molecular formula is C8H17IN+. The van der Waals surface area contributed by atoms with Crippen LogP contribution in [0.1, 0.15) is 33.6 Å². The molecule has 2 heteroatoms. The van der Waals surface area contributed by atoms with Gasteiger partial charge in [0.1, 0.15) is 0 Å². The van der Waals surface area contributed by atoms with Gasteiger partial charge in [0.25, 0.3) is 0 Å². The van der Waals surface area contributed by atoms with Crippen LogP contribution in [-0.4, -0.2) is 21.3 Å². The van der Waals surface area contributed by atoms with Crippen molar-refractivity contribution in [3.63, 3.8) is 0 Å². The summed E-state index contributed by atoms with van der Waals surface area (Å²) in [6.45, 7) is 9.74. The van der Waals surface area contributed by atoms with Gasteiger partial charge in [-0.15, -0.1) is 0 Å². The topological polar surface area (TPSA) is 0 Å². The van der Waals surface area contributed by atoms with E-state index < -0.39 is 0 Å². The summed E-state index contributed by atoms with van der Waals surface area (Å²) in [6.07, 6.45) is 2.83. The molecule has 1 rings (SSSR count). The van der Waals surface area contributed by atoms with E-state index in [0.29, 0.717) is 5.54 Å². The highest BCUT2D eigenvalue weighted by atomic mass is 127. The number of halogens is 1. The number of rotatable bonds is 0. The lowest BCUT2D eigenvalue weighted by Crippen LogP contribution is -2.49.